The van der Waals surface area contributed by atoms with Crippen molar-refractivity contribution < 1.29 is 9.15 Å². The highest BCUT2D eigenvalue weighted by molar-refractivity contribution is 6.30. The van der Waals surface area contributed by atoms with E-state index in [1.54, 1.807) is 6.26 Å². The predicted molar refractivity (Wildman–Crippen MR) is 105 cm³/mol. The minimum Gasteiger partial charge on any atom is -0.489 e. The Bertz CT molecular complexity index is 941. The fourth-order valence-electron chi connectivity index (χ4n) is 2.94. The number of hydrogen-bond donors (Lipinski definition) is 0. The van der Waals surface area contributed by atoms with Crippen molar-refractivity contribution >= 4 is 23.4 Å². The van der Waals surface area contributed by atoms with Gasteiger partial charge in [-0.1, -0.05) is 23.7 Å². The first-order valence-corrected chi connectivity index (χ1v) is 8.92. The molecule has 0 atom stereocenters. The van der Waals surface area contributed by atoms with Gasteiger partial charge in [0.25, 0.3) is 0 Å². The third kappa shape index (κ3) is 3.89. The molecule has 2 aromatic carbocycles. The quantitative estimate of drug-likeness (QED) is 0.593. The van der Waals surface area contributed by atoms with Crippen molar-refractivity contribution in [2.24, 2.45) is 4.99 Å². The Morgan fingerprint density at radius 3 is 2.77 bits per heavy atom. The summed E-state index contributed by atoms with van der Waals surface area (Å²) in [6, 6.07) is 17.7. The minimum atomic E-state index is 0.523. The normalized spacial score (nSPS) is 13.5. The van der Waals surface area contributed by atoms with Gasteiger partial charge in [-0.25, -0.2) is 0 Å². The first kappa shape index (κ1) is 16.7. The van der Waals surface area contributed by atoms with Gasteiger partial charge in [0.05, 0.1) is 12.0 Å². The third-order valence-corrected chi connectivity index (χ3v) is 4.54. The van der Waals surface area contributed by atoms with Crippen molar-refractivity contribution in [2.75, 3.05) is 6.54 Å². The summed E-state index contributed by atoms with van der Waals surface area (Å²) in [4.78, 5) is 4.64. The Hall–Kier alpha value is -2.78. The van der Waals surface area contributed by atoms with Gasteiger partial charge in [0.1, 0.15) is 18.1 Å². The van der Waals surface area contributed by atoms with Gasteiger partial charge in [-0.2, -0.15) is 0 Å². The van der Waals surface area contributed by atoms with Crippen LogP contribution in [0.3, 0.4) is 0 Å². The zero-order chi connectivity index (χ0) is 17.8. The van der Waals surface area contributed by atoms with Gasteiger partial charge in [-0.15, -0.1) is 0 Å². The molecule has 0 N–H and O–H groups in total. The number of furan rings is 1. The average molecular weight is 364 g/mol. The van der Waals surface area contributed by atoms with Crippen LogP contribution in [-0.4, -0.2) is 12.3 Å². The molecular weight excluding hydrogens is 346 g/mol. The number of ether oxygens (including phenoxy) is 1. The van der Waals surface area contributed by atoms with Crippen molar-refractivity contribution in [1.29, 1.82) is 0 Å². The van der Waals surface area contributed by atoms with E-state index in [1.165, 1.54) is 5.56 Å². The second-order valence-electron chi connectivity index (χ2n) is 6.10. The van der Waals surface area contributed by atoms with Crippen LogP contribution in [0, 0.1) is 0 Å². The van der Waals surface area contributed by atoms with Crippen LogP contribution in [-0.2, 0) is 13.0 Å². The zero-order valence-electron chi connectivity index (χ0n) is 14.2. The lowest BCUT2D eigenvalue weighted by Crippen LogP contribution is -2.11. The molecule has 0 amide bonds. The first-order chi connectivity index (χ1) is 12.8. The molecule has 1 aromatic heterocycles. The van der Waals surface area contributed by atoms with Crippen molar-refractivity contribution in [1.82, 2.24) is 0 Å². The van der Waals surface area contributed by atoms with Crippen molar-refractivity contribution in [3.63, 3.8) is 0 Å². The molecule has 1 aliphatic heterocycles. The molecule has 0 saturated carbocycles. The summed E-state index contributed by atoms with van der Waals surface area (Å²) in [7, 11) is 0. The molecule has 1 aliphatic rings. The van der Waals surface area contributed by atoms with Crippen LogP contribution in [0.1, 0.15) is 22.5 Å². The molecule has 0 spiro atoms. The van der Waals surface area contributed by atoms with E-state index in [0.717, 1.165) is 46.3 Å². The third-order valence-electron chi connectivity index (χ3n) is 4.28. The SMILES string of the molecule is Clc1ccc(COc2ccc3c(c2)CCN=C3/C=C/c2ccco2)cc1. The van der Waals surface area contributed by atoms with Crippen LogP contribution in [0.25, 0.3) is 6.08 Å². The van der Waals surface area contributed by atoms with E-state index in [4.69, 9.17) is 20.8 Å². The number of benzene rings is 2. The molecule has 0 saturated heterocycles. The van der Waals surface area contributed by atoms with E-state index in [9.17, 15) is 0 Å². The smallest absolute Gasteiger partial charge is 0.126 e. The van der Waals surface area contributed by atoms with Gasteiger partial charge in [0, 0.05) is 17.1 Å². The Morgan fingerprint density at radius 1 is 1.08 bits per heavy atom. The Balaban J connectivity index is 1.48. The van der Waals surface area contributed by atoms with Crippen LogP contribution in [0.2, 0.25) is 5.02 Å². The summed E-state index contributed by atoms with van der Waals surface area (Å²) in [5.74, 6) is 1.69. The van der Waals surface area contributed by atoms with E-state index in [-0.39, 0.29) is 0 Å². The molecule has 0 fully saturated rings. The van der Waals surface area contributed by atoms with E-state index in [0.29, 0.717) is 6.61 Å². The van der Waals surface area contributed by atoms with Gasteiger partial charge >= 0.3 is 0 Å². The van der Waals surface area contributed by atoms with E-state index < -0.39 is 0 Å². The zero-order valence-corrected chi connectivity index (χ0v) is 14.9. The van der Waals surface area contributed by atoms with Gasteiger partial charge in [-0.3, -0.25) is 4.99 Å². The van der Waals surface area contributed by atoms with Gasteiger partial charge in [-0.05, 0) is 72.2 Å². The van der Waals surface area contributed by atoms with Gasteiger partial charge in [0.2, 0.25) is 0 Å². The number of aliphatic imine (C=N–C) groups is 1. The van der Waals surface area contributed by atoms with Crippen LogP contribution in [0.4, 0.5) is 0 Å². The van der Waals surface area contributed by atoms with Crippen molar-refractivity contribution in [2.45, 2.75) is 13.0 Å². The molecule has 26 heavy (non-hydrogen) atoms. The Labute approximate surface area is 157 Å². The highest BCUT2D eigenvalue weighted by Gasteiger charge is 2.13. The fraction of sp³-hybridized carbons (Fsp3) is 0.136. The lowest BCUT2D eigenvalue weighted by atomic mass is 9.97. The highest BCUT2D eigenvalue weighted by Crippen LogP contribution is 2.24. The summed E-state index contributed by atoms with van der Waals surface area (Å²) in [6.45, 7) is 1.31. The summed E-state index contributed by atoms with van der Waals surface area (Å²) >= 11 is 5.92. The molecular formula is C22H18ClNO2. The van der Waals surface area contributed by atoms with Crippen LogP contribution in [0.15, 0.2) is 76.3 Å². The molecule has 4 heteroatoms. The minimum absolute atomic E-state index is 0.523. The number of allylic oxidation sites excluding steroid dienone is 1. The fourth-order valence-corrected chi connectivity index (χ4v) is 3.06. The predicted octanol–water partition coefficient (Wildman–Crippen LogP) is 5.57. The second-order valence-corrected chi connectivity index (χ2v) is 6.54. The number of rotatable bonds is 5. The second kappa shape index (κ2) is 7.63. The molecule has 2 heterocycles. The van der Waals surface area contributed by atoms with E-state index in [1.807, 2.05) is 54.6 Å². The maximum atomic E-state index is 5.94. The van der Waals surface area contributed by atoms with Crippen molar-refractivity contribution in [3.05, 3.63) is 94.4 Å². The van der Waals surface area contributed by atoms with E-state index >= 15 is 0 Å². The first-order valence-electron chi connectivity index (χ1n) is 8.54. The van der Waals surface area contributed by atoms with Crippen LogP contribution < -0.4 is 4.74 Å². The molecule has 0 bridgehead atoms. The molecule has 4 rings (SSSR count). The summed E-state index contributed by atoms with van der Waals surface area (Å²) in [6.07, 6.45) is 6.54. The molecule has 0 radical (unpaired) electrons. The van der Waals surface area contributed by atoms with Gasteiger partial charge < -0.3 is 9.15 Å². The molecule has 3 aromatic rings. The monoisotopic (exact) mass is 363 g/mol. The molecule has 3 nitrogen and oxygen atoms in total. The number of hydrogen-bond acceptors (Lipinski definition) is 3. The molecule has 0 unspecified atom stereocenters. The average Bonchev–Trinajstić information content (AvgIpc) is 3.19. The van der Waals surface area contributed by atoms with E-state index in [2.05, 4.69) is 17.1 Å². The number of fused-ring (bicyclic) bond motifs is 1. The maximum Gasteiger partial charge on any atom is 0.126 e. The van der Waals surface area contributed by atoms with Gasteiger partial charge in [0.15, 0.2) is 0 Å². The summed E-state index contributed by atoms with van der Waals surface area (Å²) < 4.78 is 11.3. The molecule has 130 valence electrons. The summed E-state index contributed by atoms with van der Waals surface area (Å²) in [5, 5.41) is 0.733. The topological polar surface area (TPSA) is 34.7 Å². The maximum absolute atomic E-state index is 5.94. The lowest BCUT2D eigenvalue weighted by Gasteiger charge is -2.16. The van der Waals surface area contributed by atoms with Crippen LogP contribution >= 0.6 is 11.6 Å². The lowest BCUT2D eigenvalue weighted by molar-refractivity contribution is 0.306. The van der Waals surface area contributed by atoms with Crippen LogP contribution in [0.5, 0.6) is 5.75 Å². The Kier molecular flexibility index (Phi) is 4.89. The standard InChI is InChI=1S/C22H18ClNO2/c23-18-5-3-16(4-6-18)15-26-20-7-9-21-17(14-20)11-12-24-22(21)10-8-19-2-1-13-25-19/h1-10,13-14H,11-12,15H2/b10-8+. The van der Waals surface area contributed by atoms with Crippen molar-refractivity contribution in [3.8, 4) is 5.75 Å². The number of halogens is 1. The Morgan fingerprint density at radius 2 is 1.96 bits per heavy atom. The number of nitrogens with zero attached hydrogens (tertiary/aromatic N) is 1. The largest absolute Gasteiger partial charge is 0.489 e. The molecule has 0 aliphatic carbocycles. The summed E-state index contributed by atoms with van der Waals surface area (Å²) in [5.41, 5.74) is 4.48. The highest BCUT2D eigenvalue weighted by atomic mass is 35.5.